The van der Waals surface area contributed by atoms with Crippen molar-refractivity contribution in [1.29, 1.82) is 0 Å². The van der Waals surface area contributed by atoms with Crippen LogP contribution in [0.1, 0.15) is 26.4 Å². The molecule has 1 amide bonds. The molecule has 5 nitrogen and oxygen atoms in total. The van der Waals surface area contributed by atoms with Gasteiger partial charge < -0.3 is 10.4 Å². The standard InChI is InChI=1S/C14H10BrClN2O3/c15-12-6-9(16)1-2-11(12)13(19)18-7-10-5-8(14(20)21)3-4-17-10/h1-6H,7H2,(H,18,19)(H,20,21). The molecule has 108 valence electrons. The van der Waals surface area contributed by atoms with Crippen molar-refractivity contribution in [2.24, 2.45) is 0 Å². The molecule has 0 atom stereocenters. The number of carbonyl (C=O) groups excluding carboxylic acids is 1. The van der Waals surface area contributed by atoms with Crippen LogP contribution in [0.2, 0.25) is 5.02 Å². The average Bonchev–Trinajstić information content (AvgIpc) is 2.45. The number of carboxylic acids is 1. The zero-order valence-electron chi connectivity index (χ0n) is 10.6. The lowest BCUT2D eigenvalue weighted by atomic mass is 10.2. The number of nitrogens with one attached hydrogen (secondary N) is 1. The number of aromatic nitrogens is 1. The summed E-state index contributed by atoms with van der Waals surface area (Å²) < 4.78 is 0.583. The van der Waals surface area contributed by atoms with E-state index in [2.05, 4.69) is 26.2 Å². The molecule has 2 N–H and O–H groups in total. The number of nitrogens with zero attached hydrogens (tertiary/aromatic N) is 1. The second-order valence-corrected chi connectivity index (χ2v) is 5.44. The van der Waals surface area contributed by atoms with Crippen LogP contribution in [0.15, 0.2) is 41.0 Å². The fraction of sp³-hybridized carbons (Fsp3) is 0.0714. The molecule has 1 aromatic carbocycles. The second-order valence-electron chi connectivity index (χ2n) is 4.15. The molecule has 0 radical (unpaired) electrons. The van der Waals surface area contributed by atoms with Crippen molar-refractivity contribution in [2.45, 2.75) is 6.54 Å². The minimum absolute atomic E-state index is 0.127. The first-order valence-corrected chi connectivity index (χ1v) is 7.06. The maximum absolute atomic E-state index is 12.0. The molecular formula is C14H10BrClN2O3. The number of carbonyl (C=O) groups is 2. The molecule has 7 heteroatoms. The summed E-state index contributed by atoms with van der Waals surface area (Å²) in [6.45, 7) is 0.134. The SMILES string of the molecule is O=C(O)c1ccnc(CNC(=O)c2ccc(Cl)cc2Br)c1. The monoisotopic (exact) mass is 368 g/mol. The Bertz CT molecular complexity index is 706. The molecule has 0 saturated carbocycles. The summed E-state index contributed by atoms with van der Waals surface area (Å²) >= 11 is 9.08. The van der Waals surface area contributed by atoms with Gasteiger partial charge in [0.15, 0.2) is 0 Å². The number of pyridine rings is 1. The van der Waals surface area contributed by atoms with E-state index in [1.807, 2.05) is 0 Å². The highest BCUT2D eigenvalue weighted by Gasteiger charge is 2.11. The normalized spacial score (nSPS) is 10.2. The fourth-order valence-corrected chi connectivity index (χ4v) is 2.51. The van der Waals surface area contributed by atoms with Gasteiger partial charge in [0.25, 0.3) is 5.91 Å². The highest BCUT2D eigenvalue weighted by atomic mass is 79.9. The van der Waals surface area contributed by atoms with Crippen LogP contribution in [0, 0.1) is 0 Å². The first kappa shape index (κ1) is 15.5. The zero-order valence-corrected chi connectivity index (χ0v) is 13.0. The highest BCUT2D eigenvalue weighted by molar-refractivity contribution is 9.10. The lowest BCUT2D eigenvalue weighted by Gasteiger charge is -2.07. The van der Waals surface area contributed by atoms with E-state index < -0.39 is 5.97 Å². The summed E-state index contributed by atoms with van der Waals surface area (Å²) in [5.74, 6) is -1.34. The molecule has 0 saturated heterocycles. The third-order valence-electron chi connectivity index (χ3n) is 2.67. The van der Waals surface area contributed by atoms with Crippen molar-refractivity contribution in [3.63, 3.8) is 0 Å². The van der Waals surface area contributed by atoms with Crippen molar-refractivity contribution in [3.8, 4) is 0 Å². The maximum Gasteiger partial charge on any atom is 0.335 e. The molecule has 2 aromatic rings. The van der Waals surface area contributed by atoms with E-state index in [1.165, 1.54) is 18.3 Å². The number of amides is 1. The van der Waals surface area contributed by atoms with Gasteiger partial charge >= 0.3 is 5.97 Å². The van der Waals surface area contributed by atoms with E-state index in [1.54, 1.807) is 18.2 Å². The number of carboxylic acid groups (broad SMARTS) is 1. The Morgan fingerprint density at radius 3 is 2.71 bits per heavy atom. The van der Waals surface area contributed by atoms with E-state index in [0.717, 1.165) is 0 Å². The Morgan fingerprint density at radius 1 is 1.29 bits per heavy atom. The van der Waals surface area contributed by atoms with Crippen molar-refractivity contribution < 1.29 is 14.7 Å². The molecule has 0 bridgehead atoms. The first-order chi connectivity index (χ1) is 9.97. The minimum Gasteiger partial charge on any atom is -0.478 e. The highest BCUT2D eigenvalue weighted by Crippen LogP contribution is 2.21. The van der Waals surface area contributed by atoms with E-state index >= 15 is 0 Å². The predicted molar refractivity (Wildman–Crippen MR) is 81.5 cm³/mol. The van der Waals surface area contributed by atoms with Gasteiger partial charge in [-0.15, -0.1) is 0 Å². The third-order valence-corrected chi connectivity index (χ3v) is 3.56. The van der Waals surface area contributed by atoms with Crippen LogP contribution < -0.4 is 5.32 Å². The maximum atomic E-state index is 12.0. The second kappa shape index (κ2) is 6.69. The van der Waals surface area contributed by atoms with Gasteiger partial charge in [-0.1, -0.05) is 11.6 Å². The van der Waals surface area contributed by atoms with Crippen molar-refractivity contribution in [3.05, 3.63) is 62.8 Å². The lowest BCUT2D eigenvalue weighted by Crippen LogP contribution is -2.23. The largest absolute Gasteiger partial charge is 0.478 e. The topological polar surface area (TPSA) is 79.3 Å². The van der Waals surface area contributed by atoms with Gasteiger partial charge in [0, 0.05) is 15.7 Å². The van der Waals surface area contributed by atoms with Crippen LogP contribution in [0.3, 0.4) is 0 Å². The van der Waals surface area contributed by atoms with Gasteiger partial charge in [0.1, 0.15) is 0 Å². The summed E-state index contributed by atoms with van der Waals surface area (Å²) in [4.78, 5) is 26.9. The van der Waals surface area contributed by atoms with Gasteiger partial charge in [0.2, 0.25) is 0 Å². The Morgan fingerprint density at radius 2 is 2.05 bits per heavy atom. The summed E-state index contributed by atoms with van der Waals surface area (Å²) in [6.07, 6.45) is 1.39. The quantitative estimate of drug-likeness (QED) is 0.868. The number of hydrogen-bond donors (Lipinski definition) is 2. The molecule has 0 aliphatic rings. The number of hydrogen-bond acceptors (Lipinski definition) is 3. The minimum atomic E-state index is -1.04. The Balaban J connectivity index is 2.07. The van der Waals surface area contributed by atoms with E-state index in [4.69, 9.17) is 16.7 Å². The Hall–Kier alpha value is -1.92. The van der Waals surface area contributed by atoms with Gasteiger partial charge in [0.05, 0.1) is 23.4 Å². The molecule has 0 spiro atoms. The fourth-order valence-electron chi connectivity index (χ4n) is 1.65. The lowest BCUT2D eigenvalue weighted by molar-refractivity contribution is 0.0696. The molecule has 0 unspecified atom stereocenters. The van der Waals surface area contributed by atoms with Gasteiger partial charge in [-0.3, -0.25) is 9.78 Å². The molecule has 1 aromatic heterocycles. The Kier molecular flexibility index (Phi) is 4.93. The number of benzene rings is 1. The summed E-state index contributed by atoms with van der Waals surface area (Å²) in [6, 6.07) is 7.65. The van der Waals surface area contributed by atoms with Gasteiger partial charge in [-0.2, -0.15) is 0 Å². The summed E-state index contributed by atoms with van der Waals surface area (Å²) in [7, 11) is 0. The van der Waals surface area contributed by atoms with Crippen LogP contribution in [0.5, 0.6) is 0 Å². The van der Waals surface area contributed by atoms with Crippen molar-refractivity contribution in [2.75, 3.05) is 0 Å². The zero-order chi connectivity index (χ0) is 15.4. The molecule has 0 fully saturated rings. The molecule has 2 rings (SSSR count). The molecule has 0 aliphatic carbocycles. The molecular weight excluding hydrogens is 360 g/mol. The van der Waals surface area contributed by atoms with Crippen LogP contribution in [0.4, 0.5) is 0 Å². The molecule has 0 aliphatic heterocycles. The van der Waals surface area contributed by atoms with Crippen LogP contribution in [-0.4, -0.2) is 22.0 Å². The molecule has 21 heavy (non-hydrogen) atoms. The number of halogens is 2. The number of rotatable bonds is 4. The predicted octanol–water partition coefficient (Wildman–Crippen LogP) is 3.13. The summed E-state index contributed by atoms with van der Waals surface area (Å²) in [5, 5.41) is 12.1. The molecule has 1 heterocycles. The first-order valence-electron chi connectivity index (χ1n) is 5.89. The van der Waals surface area contributed by atoms with E-state index in [-0.39, 0.29) is 18.0 Å². The van der Waals surface area contributed by atoms with Crippen LogP contribution >= 0.6 is 27.5 Å². The van der Waals surface area contributed by atoms with Crippen molar-refractivity contribution in [1.82, 2.24) is 10.3 Å². The van der Waals surface area contributed by atoms with E-state index in [9.17, 15) is 9.59 Å². The number of aromatic carboxylic acids is 1. The van der Waals surface area contributed by atoms with Gasteiger partial charge in [-0.25, -0.2) is 4.79 Å². The van der Waals surface area contributed by atoms with Crippen LogP contribution in [-0.2, 0) is 6.54 Å². The summed E-state index contributed by atoms with van der Waals surface area (Å²) in [5.41, 5.74) is 1.03. The smallest absolute Gasteiger partial charge is 0.335 e. The van der Waals surface area contributed by atoms with Crippen LogP contribution in [0.25, 0.3) is 0 Å². The van der Waals surface area contributed by atoms with Crippen molar-refractivity contribution >= 4 is 39.4 Å². The third kappa shape index (κ3) is 4.03. The van der Waals surface area contributed by atoms with E-state index in [0.29, 0.717) is 20.8 Å². The van der Waals surface area contributed by atoms with Gasteiger partial charge in [-0.05, 0) is 46.3 Å². The Labute approximate surface area is 134 Å². The average molecular weight is 370 g/mol.